The lowest BCUT2D eigenvalue weighted by molar-refractivity contribution is -0.132. The monoisotopic (exact) mass is 390 g/mol. The van der Waals surface area contributed by atoms with Crippen LogP contribution >= 0.6 is 0 Å². The third kappa shape index (κ3) is 6.04. The third-order valence-electron chi connectivity index (χ3n) is 5.11. The number of likely N-dealkylation sites (tertiary alicyclic amines) is 1. The molecule has 0 spiro atoms. The van der Waals surface area contributed by atoms with Crippen LogP contribution in [0.15, 0.2) is 23.2 Å². The number of methoxy groups -OCH3 is 2. The number of guanidine groups is 1. The summed E-state index contributed by atoms with van der Waals surface area (Å²) < 4.78 is 10.7. The van der Waals surface area contributed by atoms with Crippen LogP contribution in [0.25, 0.3) is 0 Å². The fraction of sp³-hybridized carbons (Fsp3) is 0.619. The van der Waals surface area contributed by atoms with Crippen LogP contribution in [0.1, 0.15) is 31.7 Å². The minimum atomic E-state index is 0.217. The number of benzene rings is 1. The Labute approximate surface area is 168 Å². The zero-order chi connectivity index (χ0) is 20.5. The van der Waals surface area contributed by atoms with Gasteiger partial charge in [-0.25, -0.2) is 0 Å². The molecule has 7 heteroatoms. The summed E-state index contributed by atoms with van der Waals surface area (Å²) in [7, 11) is 7.00. The molecule has 1 aromatic rings. The number of piperidine rings is 1. The maximum atomic E-state index is 12.4. The summed E-state index contributed by atoms with van der Waals surface area (Å²) >= 11 is 0. The first kappa shape index (κ1) is 21.9. The number of amides is 1. The lowest BCUT2D eigenvalue weighted by Gasteiger charge is -2.31. The first-order valence-electron chi connectivity index (χ1n) is 9.89. The fourth-order valence-corrected chi connectivity index (χ4v) is 3.55. The number of rotatable bonds is 7. The molecule has 1 amide bonds. The van der Waals surface area contributed by atoms with Crippen molar-refractivity contribution in [1.29, 1.82) is 0 Å². The highest BCUT2D eigenvalue weighted by Gasteiger charge is 2.20. The Kier molecular flexibility index (Phi) is 8.42. The second-order valence-electron chi connectivity index (χ2n) is 7.34. The van der Waals surface area contributed by atoms with Gasteiger partial charge in [0.05, 0.1) is 14.2 Å². The van der Waals surface area contributed by atoms with Gasteiger partial charge in [0.25, 0.3) is 0 Å². The zero-order valence-electron chi connectivity index (χ0n) is 17.8. The molecule has 1 aliphatic heterocycles. The number of aliphatic imine (C=N–C) groups is 1. The highest BCUT2D eigenvalue weighted by Crippen LogP contribution is 2.25. The van der Waals surface area contributed by atoms with Gasteiger partial charge in [0, 0.05) is 58.3 Å². The highest BCUT2D eigenvalue weighted by atomic mass is 16.5. The van der Waals surface area contributed by atoms with E-state index in [4.69, 9.17) is 9.47 Å². The fourth-order valence-electron chi connectivity index (χ4n) is 3.55. The van der Waals surface area contributed by atoms with Crippen LogP contribution in [0.5, 0.6) is 11.5 Å². The van der Waals surface area contributed by atoms with Gasteiger partial charge in [-0.15, -0.1) is 0 Å². The molecule has 1 heterocycles. The number of nitrogens with zero attached hydrogens (tertiary/aromatic N) is 3. The van der Waals surface area contributed by atoms with E-state index >= 15 is 0 Å². The minimum Gasteiger partial charge on any atom is -0.497 e. The van der Waals surface area contributed by atoms with Crippen LogP contribution < -0.4 is 14.8 Å². The molecule has 156 valence electrons. The standard InChI is InChI=1S/C21H34N4O3/c1-16-7-6-12-25(14-16)20(26)10-11-23-21(22-2)24(3)15-17-8-9-18(27-4)13-19(17)28-5/h8-9,13,16H,6-7,10-12,14-15H2,1-5H3,(H,22,23). The highest BCUT2D eigenvalue weighted by molar-refractivity contribution is 5.81. The van der Waals surface area contributed by atoms with E-state index < -0.39 is 0 Å². The van der Waals surface area contributed by atoms with E-state index in [-0.39, 0.29) is 5.91 Å². The van der Waals surface area contributed by atoms with E-state index in [0.717, 1.165) is 42.5 Å². The van der Waals surface area contributed by atoms with E-state index in [1.165, 1.54) is 6.42 Å². The van der Waals surface area contributed by atoms with Crippen molar-refractivity contribution >= 4 is 11.9 Å². The lowest BCUT2D eigenvalue weighted by atomic mass is 10.00. The maximum absolute atomic E-state index is 12.4. The first-order chi connectivity index (χ1) is 13.5. The van der Waals surface area contributed by atoms with Crippen LogP contribution in [-0.4, -0.2) is 69.6 Å². The van der Waals surface area contributed by atoms with Crippen molar-refractivity contribution in [3.63, 3.8) is 0 Å². The van der Waals surface area contributed by atoms with Crippen molar-refractivity contribution in [2.45, 2.75) is 32.7 Å². The minimum absolute atomic E-state index is 0.217. The van der Waals surface area contributed by atoms with Crippen molar-refractivity contribution in [3.8, 4) is 11.5 Å². The molecule has 0 bridgehead atoms. The molecule has 2 rings (SSSR count). The Balaban J connectivity index is 1.86. The van der Waals surface area contributed by atoms with Gasteiger partial charge in [-0.05, 0) is 30.9 Å². The van der Waals surface area contributed by atoms with Crippen molar-refractivity contribution in [3.05, 3.63) is 23.8 Å². The van der Waals surface area contributed by atoms with Crippen LogP contribution in [-0.2, 0) is 11.3 Å². The number of carbonyl (C=O) groups excluding carboxylic acids is 1. The molecule has 0 radical (unpaired) electrons. The Hall–Kier alpha value is -2.44. The molecule has 1 aliphatic rings. The molecule has 1 atom stereocenters. The van der Waals surface area contributed by atoms with Crippen molar-refractivity contribution < 1.29 is 14.3 Å². The van der Waals surface area contributed by atoms with Gasteiger partial charge in [0.2, 0.25) is 5.91 Å². The SMILES string of the molecule is CN=C(NCCC(=O)N1CCCC(C)C1)N(C)Cc1ccc(OC)cc1OC. The third-order valence-corrected chi connectivity index (χ3v) is 5.11. The average molecular weight is 391 g/mol. The van der Waals surface area contributed by atoms with Crippen molar-refractivity contribution in [2.24, 2.45) is 10.9 Å². The summed E-state index contributed by atoms with van der Waals surface area (Å²) in [6.45, 7) is 5.17. The molecule has 1 N–H and O–H groups in total. The Bertz CT molecular complexity index is 678. The number of ether oxygens (including phenoxy) is 2. The first-order valence-corrected chi connectivity index (χ1v) is 9.89. The predicted octanol–water partition coefficient (Wildman–Crippen LogP) is 2.36. The van der Waals surface area contributed by atoms with Gasteiger partial charge in [0.1, 0.15) is 11.5 Å². The Morgan fingerprint density at radius 1 is 1.36 bits per heavy atom. The van der Waals surface area contributed by atoms with Gasteiger partial charge in [-0.1, -0.05) is 6.92 Å². The van der Waals surface area contributed by atoms with E-state index in [0.29, 0.717) is 25.4 Å². The quantitative estimate of drug-likeness (QED) is 0.572. The largest absolute Gasteiger partial charge is 0.497 e. The van der Waals surface area contributed by atoms with Gasteiger partial charge < -0.3 is 24.6 Å². The van der Waals surface area contributed by atoms with Gasteiger partial charge in [0.15, 0.2) is 5.96 Å². The molecule has 1 unspecified atom stereocenters. The predicted molar refractivity (Wildman–Crippen MR) is 112 cm³/mol. The molecule has 0 aliphatic carbocycles. The number of nitrogens with one attached hydrogen (secondary N) is 1. The zero-order valence-corrected chi connectivity index (χ0v) is 17.8. The van der Waals surface area contributed by atoms with Crippen molar-refractivity contribution in [1.82, 2.24) is 15.1 Å². The van der Waals surface area contributed by atoms with E-state index in [2.05, 4.69) is 17.2 Å². The molecule has 7 nitrogen and oxygen atoms in total. The summed E-state index contributed by atoms with van der Waals surface area (Å²) in [5.74, 6) is 3.10. The van der Waals surface area contributed by atoms with Gasteiger partial charge in [-0.2, -0.15) is 0 Å². The molecule has 1 aromatic carbocycles. The second-order valence-corrected chi connectivity index (χ2v) is 7.34. The van der Waals surface area contributed by atoms with Crippen LogP contribution in [0.3, 0.4) is 0 Å². The molecule has 0 saturated carbocycles. The summed E-state index contributed by atoms with van der Waals surface area (Å²) in [5, 5.41) is 3.29. The number of hydrogen-bond acceptors (Lipinski definition) is 4. The molecule has 1 fully saturated rings. The maximum Gasteiger partial charge on any atom is 0.224 e. The second kappa shape index (κ2) is 10.8. The van der Waals surface area contributed by atoms with Crippen molar-refractivity contribution in [2.75, 3.05) is 47.9 Å². The normalized spacial score (nSPS) is 17.2. The summed E-state index contributed by atoms with van der Waals surface area (Å²) in [6, 6.07) is 5.78. The van der Waals surface area contributed by atoms with Gasteiger partial charge in [-0.3, -0.25) is 9.79 Å². The molecular formula is C21H34N4O3. The van der Waals surface area contributed by atoms with Crippen LogP contribution in [0.4, 0.5) is 0 Å². The van der Waals surface area contributed by atoms with E-state index in [1.807, 2.05) is 35.0 Å². The average Bonchev–Trinajstić information content (AvgIpc) is 2.71. The topological polar surface area (TPSA) is 66.4 Å². The molecular weight excluding hydrogens is 356 g/mol. The summed E-state index contributed by atoms with van der Waals surface area (Å²) in [4.78, 5) is 20.8. The molecule has 0 aromatic heterocycles. The van der Waals surface area contributed by atoms with Crippen LogP contribution in [0, 0.1) is 5.92 Å². The number of hydrogen-bond donors (Lipinski definition) is 1. The molecule has 28 heavy (non-hydrogen) atoms. The van der Waals surface area contributed by atoms with Crippen LogP contribution in [0.2, 0.25) is 0 Å². The Morgan fingerprint density at radius 2 is 2.14 bits per heavy atom. The summed E-state index contributed by atoms with van der Waals surface area (Å²) in [6.07, 6.45) is 2.80. The smallest absolute Gasteiger partial charge is 0.224 e. The van der Waals surface area contributed by atoms with Gasteiger partial charge >= 0.3 is 0 Å². The molecule has 1 saturated heterocycles. The lowest BCUT2D eigenvalue weighted by Crippen LogP contribution is -2.42. The Morgan fingerprint density at radius 3 is 2.79 bits per heavy atom. The summed E-state index contributed by atoms with van der Waals surface area (Å²) in [5.41, 5.74) is 1.03. The van der Waals surface area contributed by atoms with E-state index in [9.17, 15) is 4.79 Å². The van der Waals surface area contributed by atoms with E-state index in [1.54, 1.807) is 21.3 Å². The number of carbonyl (C=O) groups is 1.